The number of ether oxygens (including phenoxy) is 3. The summed E-state index contributed by atoms with van der Waals surface area (Å²) in [4.78, 5) is 25.6. The number of unbranched alkanes of at least 4 members (excludes halogenated alkanes) is 31. The van der Waals surface area contributed by atoms with E-state index < -0.39 is 6.10 Å². The highest BCUT2D eigenvalue weighted by atomic mass is 16.6. The first-order valence-corrected chi connectivity index (χ1v) is 31.8. The van der Waals surface area contributed by atoms with Gasteiger partial charge >= 0.3 is 11.9 Å². The smallest absolute Gasteiger partial charge is 0.306 e. The summed E-state index contributed by atoms with van der Waals surface area (Å²) in [5, 5.41) is 0. The topological polar surface area (TPSA) is 61.8 Å². The molecule has 0 heterocycles. The molecule has 426 valence electrons. The van der Waals surface area contributed by atoms with E-state index in [0.29, 0.717) is 19.4 Å². The van der Waals surface area contributed by atoms with Gasteiger partial charge in [0.15, 0.2) is 6.10 Å². The molecule has 0 aliphatic heterocycles. The molecule has 0 saturated carbocycles. The van der Waals surface area contributed by atoms with Gasteiger partial charge in [-0.2, -0.15) is 0 Å². The van der Waals surface area contributed by atoms with Crippen LogP contribution in [0.1, 0.15) is 303 Å². The zero-order valence-electron chi connectivity index (χ0n) is 49.1. The van der Waals surface area contributed by atoms with Gasteiger partial charge in [-0.1, -0.05) is 266 Å². The van der Waals surface area contributed by atoms with Crippen molar-refractivity contribution in [1.82, 2.24) is 0 Å². The van der Waals surface area contributed by atoms with Crippen molar-refractivity contribution >= 4 is 11.9 Å². The van der Waals surface area contributed by atoms with Crippen molar-refractivity contribution in [2.45, 2.75) is 309 Å². The first kappa shape index (κ1) is 70.8. The lowest BCUT2D eigenvalue weighted by Gasteiger charge is -2.18. The number of hydrogen-bond acceptors (Lipinski definition) is 5. The Kier molecular flexibility index (Phi) is 61.4. The number of carbonyl (C=O) groups excluding carboxylic acids is 2. The third kappa shape index (κ3) is 61.4. The summed E-state index contributed by atoms with van der Waals surface area (Å²) in [5.74, 6) is -0.406. The quantitative estimate of drug-likeness (QED) is 0.0345. The molecule has 0 fully saturated rings. The van der Waals surface area contributed by atoms with Crippen molar-refractivity contribution < 1.29 is 23.8 Å². The minimum atomic E-state index is -0.553. The fourth-order valence-corrected chi connectivity index (χ4v) is 8.86. The third-order valence-corrected chi connectivity index (χ3v) is 13.6. The molecule has 5 nitrogen and oxygen atoms in total. The summed E-state index contributed by atoms with van der Waals surface area (Å²) in [6.45, 7) is 7.67. The fraction of sp³-hybridized carbons (Fsp3) is 0.739. The molecule has 0 spiro atoms. The fourth-order valence-electron chi connectivity index (χ4n) is 8.86. The predicted octanol–water partition coefficient (Wildman–Crippen LogP) is 22.1. The molecule has 74 heavy (non-hydrogen) atoms. The van der Waals surface area contributed by atoms with Crippen molar-refractivity contribution in [3.8, 4) is 0 Å². The molecule has 0 aromatic heterocycles. The van der Waals surface area contributed by atoms with Gasteiger partial charge in [0, 0.05) is 19.4 Å². The van der Waals surface area contributed by atoms with E-state index in [0.717, 1.165) is 83.5 Å². The number of carbonyl (C=O) groups is 2. The van der Waals surface area contributed by atoms with E-state index in [1.165, 1.54) is 186 Å². The molecular formula is C69H120O5. The SMILES string of the molecule is CC/C=C\C/C=C\C/C=C\C/C=C\CCCCCCCCCOCC(COC(=O)CCCCCCCCCCC/C=C\C/C=C\CCCCC)OC(=O)CCCCCCCCCCC/C=C\C/C=C\CCCCC. The summed E-state index contributed by atoms with van der Waals surface area (Å²) >= 11 is 0. The van der Waals surface area contributed by atoms with E-state index in [1.807, 2.05) is 0 Å². The summed E-state index contributed by atoms with van der Waals surface area (Å²) in [6, 6.07) is 0. The first-order chi connectivity index (χ1) is 36.6. The van der Waals surface area contributed by atoms with Crippen LogP contribution in [0.15, 0.2) is 97.2 Å². The standard InChI is InChI=1S/C69H120O5/c1-4-7-10-13-16-19-22-25-28-31-34-37-40-43-46-49-52-55-58-61-64-72-65-67(74-69(71)63-60-57-54-51-48-45-42-39-36-33-30-27-24-21-18-15-12-9-6-3)66-73-68(70)62-59-56-53-50-47-44-41-38-35-32-29-26-23-20-17-14-11-8-5-2/h7,10,16-21,25-30,34,37,67H,4-6,8-9,11-15,22-24,31-33,35-36,38-66H2,1-3H3/b10-7-,19-16-,20-17-,21-18-,28-25-,29-26-,30-27-,37-34-. The molecule has 5 heteroatoms. The van der Waals surface area contributed by atoms with E-state index in [4.69, 9.17) is 14.2 Å². The van der Waals surface area contributed by atoms with Crippen molar-refractivity contribution in [2.75, 3.05) is 19.8 Å². The minimum absolute atomic E-state index is 0.0737. The second-order valence-corrected chi connectivity index (χ2v) is 20.9. The Morgan fingerprint density at radius 1 is 0.311 bits per heavy atom. The first-order valence-electron chi connectivity index (χ1n) is 31.8. The maximum atomic E-state index is 12.9. The summed E-state index contributed by atoms with van der Waals surface area (Å²) < 4.78 is 17.5. The molecule has 0 amide bonds. The number of hydrogen-bond donors (Lipinski definition) is 0. The van der Waals surface area contributed by atoms with E-state index in [-0.39, 0.29) is 25.2 Å². The molecule has 1 unspecified atom stereocenters. The molecule has 0 aromatic carbocycles. The van der Waals surface area contributed by atoms with Crippen LogP contribution < -0.4 is 0 Å². The maximum Gasteiger partial charge on any atom is 0.306 e. The molecule has 0 aliphatic carbocycles. The van der Waals surface area contributed by atoms with Crippen molar-refractivity contribution in [3.63, 3.8) is 0 Å². The highest BCUT2D eigenvalue weighted by Crippen LogP contribution is 2.16. The Morgan fingerprint density at radius 2 is 0.608 bits per heavy atom. The minimum Gasteiger partial charge on any atom is -0.462 e. The Morgan fingerprint density at radius 3 is 0.973 bits per heavy atom. The van der Waals surface area contributed by atoms with E-state index in [9.17, 15) is 9.59 Å². The van der Waals surface area contributed by atoms with E-state index in [2.05, 4.69) is 118 Å². The number of esters is 2. The zero-order valence-corrected chi connectivity index (χ0v) is 49.1. The number of allylic oxidation sites excluding steroid dienone is 16. The van der Waals surface area contributed by atoms with Crippen LogP contribution in [0.2, 0.25) is 0 Å². The zero-order chi connectivity index (χ0) is 53.4. The van der Waals surface area contributed by atoms with Gasteiger partial charge in [-0.25, -0.2) is 0 Å². The molecule has 0 N–H and O–H groups in total. The van der Waals surface area contributed by atoms with E-state index >= 15 is 0 Å². The lowest BCUT2D eigenvalue weighted by atomic mass is 10.1. The average molecular weight is 1030 g/mol. The summed E-state index contributed by atoms with van der Waals surface area (Å²) in [5.41, 5.74) is 0. The summed E-state index contributed by atoms with van der Waals surface area (Å²) in [6.07, 6.45) is 87.2. The highest BCUT2D eigenvalue weighted by Gasteiger charge is 2.17. The van der Waals surface area contributed by atoms with Crippen LogP contribution >= 0.6 is 0 Å². The second kappa shape index (κ2) is 64.1. The van der Waals surface area contributed by atoms with Crippen LogP contribution in [0.3, 0.4) is 0 Å². The molecule has 1 atom stereocenters. The molecule has 0 aliphatic rings. The van der Waals surface area contributed by atoms with Gasteiger partial charge in [0.1, 0.15) is 6.61 Å². The third-order valence-electron chi connectivity index (χ3n) is 13.6. The highest BCUT2D eigenvalue weighted by molar-refractivity contribution is 5.70. The molecule has 0 saturated heterocycles. The maximum absolute atomic E-state index is 12.9. The van der Waals surface area contributed by atoms with Gasteiger partial charge in [0.25, 0.3) is 0 Å². The lowest BCUT2D eigenvalue weighted by molar-refractivity contribution is -0.163. The summed E-state index contributed by atoms with van der Waals surface area (Å²) in [7, 11) is 0. The van der Waals surface area contributed by atoms with Crippen molar-refractivity contribution in [2.24, 2.45) is 0 Å². The Bertz CT molecular complexity index is 1400. The molecule has 0 rings (SSSR count). The van der Waals surface area contributed by atoms with Gasteiger partial charge in [-0.15, -0.1) is 0 Å². The Balaban J connectivity index is 4.32. The monoisotopic (exact) mass is 1030 g/mol. The van der Waals surface area contributed by atoms with Crippen LogP contribution in [-0.4, -0.2) is 37.9 Å². The lowest BCUT2D eigenvalue weighted by Crippen LogP contribution is -2.30. The van der Waals surface area contributed by atoms with Crippen LogP contribution in [0.4, 0.5) is 0 Å². The Labute approximate surface area is 460 Å². The molecule has 0 radical (unpaired) electrons. The molecule has 0 bridgehead atoms. The van der Waals surface area contributed by atoms with Crippen LogP contribution in [0.25, 0.3) is 0 Å². The van der Waals surface area contributed by atoms with Gasteiger partial charge in [0.2, 0.25) is 0 Å². The average Bonchev–Trinajstić information content (AvgIpc) is 3.40. The normalized spacial score (nSPS) is 12.9. The second-order valence-electron chi connectivity index (χ2n) is 20.9. The van der Waals surface area contributed by atoms with Gasteiger partial charge in [-0.3, -0.25) is 9.59 Å². The predicted molar refractivity (Wildman–Crippen MR) is 325 cm³/mol. The van der Waals surface area contributed by atoms with Gasteiger partial charge < -0.3 is 14.2 Å². The van der Waals surface area contributed by atoms with Crippen LogP contribution in [-0.2, 0) is 23.8 Å². The van der Waals surface area contributed by atoms with Gasteiger partial charge in [0.05, 0.1) is 6.61 Å². The van der Waals surface area contributed by atoms with Crippen molar-refractivity contribution in [3.05, 3.63) is 97.2 Å². The van der Waals surface area contributed by atoms with Crippen LogP contribution in [0.5, 0.6) is 0 Å². The van der Waals surface area contributed by atoms with Crippen LogP contribution in [0, 0.1) is 0 Å². The largest absolute Gasteiger partial charge is 0.462 e. The molecular weight excluding hydrogens is 909 g/mol. The molecule has 0 aromatic rings. The van der Waals surface area contributed by atoms with Crippen molar-refractivity contribution in [1.29, 1.82) is 0 Å². The van der Waals surface area contributed by atoms with E-state index in [1.54, 1.807) is 0 Å². The Hall–Kier alpha value is -3.18. The van der Waals surface area contributed by atoms with Gasteiger partial charge in [-0.05, 0) is 122 Å². The number of rotatable bonds is 58.